The largest absolute Gasteiger partial charge is 0.485 e. The van der Waals surface area contributed by atoms with E-state index in [0.29, 0.717) is 29.6 Å². The smallest absolute Gasteiger partial charge is 0.149 e. The van der Waals surface area contributed by atoms with Crippen molar-refractivity contribution >= 4 is 22.2 Å². The van der Waals surface area contributed by atoms with Gasteiger partial charge in [-0.25, -0.2) is 13.8 Å². The molecule has 2 atom stereocenters. The van der Waals surface area contributed by atoms with Crippen LogP contribution < -0.4 is 10.1 Å². The van der Waals surface area contributed by atoms with Crippen LogP contribution >= 0.6 is 0 Å². The number of nitrogens with one attached hydrogen (secondary N) is 1. The fourth-order valence-corrected chi connectivity index (χ4v) is 3.98. The number of aliphatic imine (C=N–C) groups is 1. The van der Waals surface area contributed by atoms with E-state index >= 15 is 0 Å². The summed E-state index contributed by atoms with van der Waals surface area (Å²) in [5.74, 6) is -0.174. The maximum atomic E-state index is 14.3. The van der Waals surface area contributed by atoms with Gasteiger partial charge in [0.15, 0.2) is 0 Å². The van der Waals surface area contributed by atoms with Gasteiger partial charge < -0.3 is 14.8 Å². The molecule has 2 heterocycles. The number of allylic oxidation sites excluding steroid dienone is 5. The molecule has 0 aliphatic carbocycles. The molecule has 0 bridgehead atoms. The third-order valence-corrected chi connectivity index (χ3v) is 5.80. The maximum Gasteiger partial charge on any atom is 0.149 e. The van der Waals surface area contributed by atoms with Gasteiger partial charge in [0.25, 0.3) is 0 Å². The lowest BCUT2D eigenvalue weighted by atomic mass is 10.1. The molecule has 1 saturated heterocycles. The summed E-state index contributed by atoms with van der Waals surface area (Å²) in [7, 11) is 1.71. The molecule has 1 aliphatic heterocycles. The Morgan fingerprint density at radius 1 is 1.29 bits per heavy atom. The minimum atomic E-state index is -1.15. The number of methoxy groups -OCH3 is 1. The van der Waals surface area contributed by atoms with E-state index < -0.39 is 18.1 Å². The molecule has 5 nitrogen and oxygen atoms in total. The third-order valence-electron chi connectivity index (χ3n) is 5.80. The Kier molecular flexibility index (Phi) is 10.1. The van der Waals surface area contributed by atoms with Crippen LogP contribution in [-0.4, -0.2) is 49.8 Å². The number of fused-ring (bicyclic) bond motifs is 1. The lowest BCUT2D eigenvalue weighted by Crippen LogP contribution is -2.44. The molecular formula is C28H35F2N3O2. The predicted octanol–water partition coefficient (Wildman–Crippen LogP) is 6.20. The lowest BCUT2D eigenvalue weighted by molar-refractivity contribution is 0.0740. The van der Waals surface area contributed by atoms with Gasteiger partial charge in [-0.1, -0.05) is 18.2 Å². The van der Waals surface area contributed by atoms with Crippen LogP contribution in [0.1, 0.15) is 45.7 Å². The number of rotatable bonds is 10. The Morgan fingerprint density at radius 3 is 2.86 bits per heavy atom. The standard InChI is InChI=1S/C28H35F2N3O2/c1-5-7-21(8-6-13-34-4)14-20(3)32-17-19(2)25-10-9-22-15-23(29)16-27(28(22)33-25)35-26-11-12-31-18-24(26)30/h5,7,9-10,14-17,24,26,31H,6,8,11-13,18H2,1-4H3/b7-5-,19-17+,21-14+,32-20+. The minimum Gasteiger partial charge on any atom is -0.485 e. The number of aromatic nitrogens is 1. The molecule has 1 aromatic carbocycles. The van der Waals surface area contributed by atoms with Crippen molar-refractivity contribution in [2.45, 2.75) is 52.3 Å². The molecule has 0 radical (unpaired) electrons. The second-order valence-electron chi connectivity index (χ2n) is 8.74. The van der Waals surface area contributed by atoms with Gasteiger partial charge >= 0.3 is 0 Å². The van der Waals surface area contributed by atoms with Crippen LogP contribution in [0, 0.1) is 5.82 Å². The first kappa shape index (κ1) is 26.7. The molecule has 1 N–H and O–H groups in total. The minimum absolute atomic E-state index is 0.229. The topological polar surface area (TPSA) is 55.7 Å². The van der Waals surface area contributed by atoms with E-state index in [-0.39, 0.29) is 12.3 Å². The van der Waals surface area contributed by atoms with Crippen molar-refractivity contribution in [1.29, 1.82) is 0 Å². The first-order valence-electron chi connectivity index (χ1n) is 12.1. The second-order valence-corrected chi connectivity index (χ2v) is 8.74. The molecule has 0 spiro atoms. The number of ether oxygens (including phenoxy) is 2. The highest BCUT2D eigenvalue weighted by Gasteiger charge is 2.27. The Morgan fingerprint density at radius 2 is 2.11 bits per heavy atom. The molecule has 2 unspecified atom stereocenters. The van der Waals surface area contributed by atoms with E-state index in [1.807, 2.05) is 32.9 Å². The van der Waals surface area contributed by atoms with Gasteiger partial charge in [-0.15, -0.1) is 0 Å². The Labute approximate surface area is 206 Å². The maximum absolute atomic E-state index is 14.3. The zero-order chi connectivity index (χ0) is 25.2. The number of hydrogen-bond acceptors (Lipinski definition) is 5. The summed E-state index contributed by atoms with van der Waals surface area (Å²) in [5.41, 5.74) is 4.13. The van der Waals surface area contributed by atoms with E-state index in [9.17, 15) is 8.78 Å². The number of pyridine rings is 1. The number of piperidine rings is 1. The monoisotopic (exact) mass is 483 g/mol. The van der Waals surface area contributed by atoms with Crippen molar-refractivity contribution in [3.05, 3.63) is 65.8 Å². The molecule has 2 aromatic rings. The molecule has 7 heteroatoms. The van der Waals surface area contributed by atoms with E-state index in [1.165, 1.54) is 17.7 Å². The van der Waals surface area contributed by atoms with Crippen LogP contribution in [0.2, 0.25) is 0 Å². The van der Waals surface area contributed by atoms with Crippen molar-refractivity contribution in [2.24, 2.45) is 4.99 Å². The first-order valence-corrected chi connectivity index (χ1v) is 12.1. The van der Waals surface area contributed by atoms with Crippen molar-refractivity contribution in [3.8, 4) is 5.75 Å². The molecule has 0 saturated carbocycles. The highest BCUT2D eigenvalue weighted by Crippen LogP contribution is 2.30. The van der Waals surface area contributed by atoms with Crippen LogP contribution in [0.3, 0.4) is 0 Å². The third kappa shape index (κ3) is 7.80. The number of nitrogens with zero attached hydrogens (tertiary/aromatic N) is 2. The molecule has 1 fully saturated rings. The lowest BCUT2D eigenvalue weighted by Gasteiger charge is -2.27. The number of benzene rings is 1. The Balaban J connectivity index is 1.85. The van der Waals surface area contributed by atoms with Gasteiger partial charge in [-0.3, -0.25) is 4.99 Å². The summed E-state index contributed by atoms with van der Waals surface area (Å²) in [6, 6.07) is 6.33. The van der Waals surface area contributed by atoms with Gasteiger partial charge in [0, 0.05) is 43.6 Å². The molecule has 188 valence electrons. The second kappa shape index (κ2) is 13.3. The quantitative estimate of drug-likeness (QED) is 0.248. The molecule has 1 aromatic heterocycles. The van der Waals surface area contributed by atoms with Crippen molar-refractivity contribution < 1.29 is 18.3 Å². The fraction of sp³-hybridized carbons (Fsp3) is 0.429. The normalized spacial score (nSPS) is 20.1. The highest BCUT2D eigenvalue weighted by molar-refractivity contribution is 5.94. The van der Waals surface area contributed by atoms with E-state index in [1.54, 1.807) is 19.4 Å². The van der Waals surface area contributed by atoms with E-state index in [4.69, 9.17) is 14.5 Å². The summed E-state index contributed by atoms with van der Waals surface area (Å²) in [4.78, 5) is 9.31. The average Bonchev–Trinajstić information content (AvgIpc) is 2.84. The number of halogens is 2. The molecule has 35 heavy (non-hydrogen) atoms. The SMILES string of the molecule is C\C=C/C(=C\C(C)=N\C=C(/C)c1ccc2cc(F)cc(OC3CCNCC3F)c2n1)CCCOC. The van der Waals surface area contributed by atoms with Crippen LogP contribution in [0.15, 0.2) is 59.3 Å². The Hall–Kier alpha value is -2.90. The number of hydrogen-bond donors (Lipinski definition) is 1. The van der Waals surface area contributed by atoms with Gasteiger partial charge in [0.2, 0.25) is 0 Å². The Bertz CT molecular complexity index is 1120. The average molecular weight is 484 g/mol. The van der Waals surface area contributed by atoms with Crippen molar-refractivity contribution in [1.82, 2.24) is 10.3 Å². The van der Waals surface area contributed by atoms with E-state index in [0.717, 1.165) is 30.7 Å². The highest BCUT2D eigenvalue weighted by atomic mass is 19.1. The van der Waals surface area contributed by atoms with Gasteiger partial charge in [-0.2, -0.15) is 0 Å². The summed E-state index contributed by atoms with van der Waals surface area (Å²) < 4.78 is 39.6. The molecule has 0 amide bonds. The summed E-state index contributed by atoms with van der Waals surface area (Å²) in [6.45, 7) is 7.48. The summed E-state index contributed by atoms with van der Waals surface area (Å²) in [6.07, 6.45) is 8.53. The van der Waals surface area contributed by atoms with E-state index in [2.05, 4.69) is 22.5 Å². The fourth-order valence-electron chi connectivity index (χ4n) is 3.98. The molecular weight excluding hydrogens is 448 g/mol. The number of alkyl halides is 1. The summed E-state index contributed by atoms with van der Waals surface area (Å²) >= 11 is 0. The zero-order valence-electron chi connectivity index (χ0n) is 21.0. The molecule has 1 aliphatic rings. The summed E-state index contributed by atoms with van der Waals surface area (Å²) in [5, 5.41) is 3.61. The zero-order valence-corrected chi connectivity index (χ0v) is 21.0. The van der Waals surface area contributed by atoms with Crippen LogP contribution in [-0.2, 0) is 4.74 Å². The molecule has 3 rings (SSSR count). The van der Waals surface area contributed by atoms with Crippen molar-refractivity contribution in [2.75, 3.05) is 26.8 Å². The predicted molar refractivity (Wildman–Crippen MR) is 139 cm³/mol. The van der Waals surface area contributed by atoms with Gasteiger partial charge in [0.1, 0.15) is 29.4 Å². The van der Waals surface area contributed by atoms with Crippen LogP contribution in [0.5, 0.6) is 5.75 Å². The van der Waals surface area contributed by atoms with Gasteiger partial charge in [0.05, 0.1) is 5.69 Å². The van der Waals surface area contributed by atoms with Crippen molar-refractivity contribution in [3.63, 3.8) is 0 Å². The van der Waals surface area contributed by atoms with Crippen LogP contribution in [0.25, 0.3) is 16.5 Å². The van der Waals surface area contributed by atoms with Crippen LogP contribution in [0.4, 0.5) is 8.78 Å². The van der Waals surface area contributed by atoms with Gasteiger partial charge in [-0.05, 0) is 75.9 Å². The first-order chi connectivity index (χ1) is 16.9.